The van der Waals surface area contributed by atoms with Gasteiger partial charge in [-0.1, -0.05) is 6.07 Å². The number of pyridine rings is 1. The van der Waals surface area contributed by atoms with Crippen LogP contribution in [-0.4, -0.2) is 22.9 Å². The highest BCUT2D eigenvalue weighted by Crippen LogP contribution is 2.09. The zero-order chi connectivity index (χ0) is 11.4. The topological polar surface area (TPSA) is 44.1 Å². The van der Waals surface area contributed by atoms with E-state index in [9.17, 15) is 4.79 Å². The lowest BCUT2D eigenvalue weighted by Crippen LogP contribution is -2.02. The van der Waals surface area contributed by atoms with Crippen LogP contribution in [0.15, 0.2) is 36.7 Å². The predicted octanol–water partition coefficient (Wildman–Crippen LogP) is 1.75. The fourth-order valence-corrected chi connectivity index (χ4v) is 1.50. The second kappa shape index (κ2) is 4.61. The van der Waals surface area contributed by atoms with Gasteiger partial charge in [-0.3, -0.25) is 4.79 Å². The minimum Gasteiger partial charge on any atom is -0.481 e. The van der Waals surface area contributed by atoms with E-state index in [0.29, 0.717) is 18.1 Å². The van der Waals surface area contributed by atoms with Gasteiger partial charge in [-0.25, -0.2) is 4.98 Å². The third kappa shape index (κ3) is 2.11. The van der Waals surface area contributed by atoms with Crippen LogP contribution in [0.25, 0.3) is 0 Å². The molecule has 2 rings (SSSR count). The second-order valence-corrected chi connectivity index (χ2v) is 3.39. The highest BCUT2D eigenvalue weighted by atomic mass is 16.5. The molecule has 0 aliphatic carbocycles. The number of rotatable bonds is 4. The van der Waals surface area contributed by atoms with Crippen LogP contribution in [0.5, 0.6) is 5.88 Å². The SMILES string of the molecule is COc1ccc(Cn2cccc2C=O)cn1. The predicted molar refractivity (Wildman–Crippen MR) is 59.7 cm³/mol. The van der Waals surface area contributed by atoms with E-state index in [2.05, 4.69) is 4.98 Å². The highest BCUT2D eigenvalue weighted by Gasteiger charge is 2.01. The monoisotopic (exact) mass is 216 g/mol. The van der Waals surface area contributed by atoms with Crippen molar-refractivity contribution in [3.05, 3.63) is 47.9 Å². The molecule has 2 aromatic heterocycles. The van der Waals surface area contributed by atoms with E-state index in [1.807, 2.05) is 22.9 Å². The lowest BCUT2D eigenvalue weighted by atomic mass is 10.3. The zero-order valence-electron chi connectivity index (χ0n) is 8.96. The Kier molecular flexibility index (Phi) is 3.00. The molecule has 16 heavy (non-hydrogen) atoms. The van der Waals surface area contributed by atoms with Gasteiger partial charge < -0.3 is 9.30 Å². The largest absolute Gasteiger partial charge is 0.481 e. The quantitative estimate of drug-likeness (QED) is 0.731. The first-order valence-electron chi connectivity index (χ1n) is 4.92. The Bertz CT molecular complexity index is 474. The van der Waals surface area contributed by atoms with Gasteiger partial charge in [0.25, 0.3) is 0 Å². The van der Waals surface area contributed by atoms with Crippen molar-refractivity contribution >= 4 is 6.29 Å². The molecule has 2 heterocycles. The van der Waals surface area contributed by atoms with Gasteiger partial charge in [-0.15, -0.1) is 0 Å². The number of carbonyl (C=O) groups is 1. The minimum atomic E-state index is 0.590. The molecule has 0 saturated heterocycles. The minimum absolute atomic E-state index is 0.590. The lowest BCUT2D eigenvalue weighted by molar-refractivity contribution is 0.111. The second-order valence-electron chi connectivity index (χ2n) is 3.39. The maximum atomic E-state index is 10.7. The van der Waals surface area contributed by atoms with Crippen molar-refractivity contribution in [1.29, 1.82) is 0 Å². The average molecular weight is 216 g/mol. The maximum absolute atomic E-state index is 10.7. The molecule has 0 aromatic carbocycles. The van der Waals surface area contributed by atoms with Crippen molar-refractivity contribution in [3.63, 3.8) is 0 Å². The van der Waals surface area contributed by atoms with Crippen molar-refractivity contribution in [3.8, 4) is 5.88 Å². The van der Waals surface area contributed by atoms with Gasteiger partial charge in [-0.05, 0) is 17.7 Å². The summed E-state index contributed by atoms with van der Waals surface area (Å²) in [5, 5.41) is 0. The van der Waals surface area contributed by atoms with Crippen molar-refractivity contribution < 1.29 is 9.53 Å². The van der Waals surface area contributed by atoms with E-state index >= 15 is 0 Å². The Balaban J connectivity index is 2.17. The summed E-state index contributed by atoms with van der Waals surface area (Å²) in [7, 11) is 1.58. The molecular weight excluding hydrogens is 204 g/mol. The van der Waals surface area contributed by atoms with Gasteiger partial charge in [-0.2, -0.15) is 0 Å². The number of hydrogen-bond donors (Lipinski definition) is 0. The summed E-state index contributed by atoms with van der Waals surface area (Å²) in [5.41, 5.74) is 1.69. The third-order valence-corrected chi connectivity index (χ3v) is 2.35. The van der Waals surface area contributed by atoms with Crippen LogP contribution in [0, 0.1) is 0 Å². The molecule has 0 aliphatic heterocycles. The molecule has 0 saturated carbocycles. The molecule has 4 nitrogen and oxygen atoms in total. The number of methoxy groups -OCH3 is 1. The normalized spacial score (nSPS) is 10.1. The van der Waals surface area contributed by atoms with E-state index < -0.39 is 0 Å². The molecule has 4 heteroatoms. The van der Waals surface area contributed by atoms with Crippen LogP contribution in [-0.2, 0) is 6.54 Å². The van der Waals surface area contributed by atoms with E-state index in [1.54, 1.807) is 25.4 Å². The molecule has 0 unspecified atom stereocenters. The summed E-state index contributed by atoms with van der Waals surface area (Å²) in [5.74, 6) is 0.590. The van der Waals surface area contributed by atoms with Gasteiger partial charge >= 0.3 is 0 Å². The van der Waals surface area contributed by atoms with Crippen LogP contribution >= 0.6 is 0 Å². The highest BCUT2D eigenvalue weighted by molar-refractivity contribution is 5.72. The Morgan fingerprint density at radius 3 is 2.94 bits per heavy atom. The summed E-state index contributed by atoms with van der Waals surface area (Å²) in [6.45, 7) is 0.637. The molecule has 0 fully saturated rings. The van der Waals surface area contributed by atoms with Crippen LogP contribution in [0.2, 0.25) is 0 Å². The van der Waals surface area contributed by atoms with Crippen LogP contribution < -0.4 is 4.74 Å². The van der Waals surface area contributed by atoms with Crippen molar-refractivity contribution in [2.24, 2.45) is 0 Å². The van der Waals surface area contributed by atoms with E-state index in [4.69, 9.17) is 4.74 Å². The molecule has 0 N–H and O–H groups in total. The molecular formula is C12H12N2O2. The molecule has 0 atom stereocenters. The smallest absolute Gasteiger partial charge is 0.212 e. The molecule has 0 bridgehead atoms. The lowest BCUT2D eigenvalue weighted by Gasteiger charge is -2.05. The molecule has 0 aliphatic rings. The molecule has 0 amide bonds. The first-order chi connectivity index (χ1) is 7.83. The zero-order valence-corrected chi connectivity index (χ0v) is 8.96. The Morgan fingerprint density at radius 2 is 2.31 bits per heavy atom. The average Bonchev–Trinajstić information content (AvgIpc) is 2.77. The fraction of sp³-hybridized carbons (Fsp3) is 0.167. The maximum Gasteiger partial charge on any atom is 0.212 e. The van der Waals surface area contributed by atoms with Gasteiger partial charge in [0.15, 0.2) is 6.29 Å². The summed E-state index contributed by atoms with van der Waals surface area (Å²) in [6.07, 6.45) is 4.46. The van der Waals surface area contributed by atoms with Gasteiger partial charge in [0.05, 0.1) is 12.8 Å². The molecule has 82 valence electrons. The molecule has 0 spiro atoms. The number of hydrogen-bond acceptors (Lipinski definition) is 3. The summed E-state index contributed by atoms with van der Waals surface area (Å²) >= 11 is 0. The van der Waals surface area contributed by atoms with Gasteiger partial charge in [0, 0.05) is 25.0 Å². The van der Waals surface area contributed by atoms with E-state index in [-0.39, 0.29) is 0 Å². The van der Waals surface area contributed by atoms with Crippen LogP contribution in [0.1, 0.15) is 16.1 Å². The van der Waals surface area contributed by atoms with Gasteiger partial charge in [0.2, 0.25) is 5.88 Å². The fourth-order valence-electron chi connectivity index (χ4n) is 1.50. The summed E-state index contributed by atoms with van der Waals surface area (Å²) in [4.78, 5) is 14.8. The Labute approximate surface area is 93.5 Å². The van der Waals surface area contributed by atoms with E-state index in [0.717, 1.165) is 11.8 Å². The number of aromatic nitrogens is 2. The molecule has 0 radical (unpaired) electrons. The third-order valence-electron chi connectivity index (χ3n) is 2.35. The summed E-state index contributed by atoms with van der Waals surface area (Å²) < 4.78 is 6.85. The van der Waals surface area contributed by atoms with Crippen molar-refractivity contribution in [2.45, 2.75) is 6.54 Å². The van der Waals surface area contributed by atoms with Crippen LogP contribution in [0.4, 0.5) is 0 Å². The number of aldehydes is 1. The van der Waals surface area contributed by atoms with Gasteiger partial charge in [0.1, 0.15) is 0 Å². The standard InChI is InChI=1S/C12H12N2O2/c1-16-12-5-4-10(7-13-12)8-14-6-2-3-11(14)9-15/h2-7,9H,8H2,1H3. The van der Waals surface area contributed by atoms with Crippen molar-refractivity contribution in [2.75, 3.05) is 7.11 Å². The first kappa shape index (κ1) is 10.4. The summed E-state index contributed by atoms with van der Waals surface area (Å²) in [6, 6.07) is 7.37. The Morgan fingerprint density at radius 1 is 1.44 bits per heavy atom. The number of ether oxygens (including phenoxy) is 1. The Hall–Kier alpha value is -2.10. The number of nitrogens with zero attached hydrogens (tertiary/aromatic N) is 2. The first-order valence-corrected chi connectivity index (χ1v) is 4.92. The molecule has 2 aromatic rings. The van der Waals surface area contributed by atoms with Crippen LogP contribution in [0.3, 0.4) is 0 Å². The van der Waals surface area contributed by atoms with Crippen molar-refractivity contribution in [1.82, 2.24) is 9.55 Å². The number of carbonyl (C=O) groups excluding carboxylic acids is 1. The van der Waals surface area contributed by atoms with E-state index in [1.165, 1.54) is 0 Å².